The van der Waals surface area contributed by atoms with Gasteiger partial charge in [0.15, 0.2) is 9.84 Å². The third-order valence-electron chi connectivity index (χ3n) is 3.07. The standard InChI is InChI=1S/C16H13FN2O3S/c17-14-3-1-2-4-15(14)23(21,22)10-9-16(20)19-13-7-5-12(11-18)6-8-13/h1-8H,9-10H2,(H,19,20). The van der Waals surface area contributed by atoms with Crippen molar-refractivity contribution in [2.75, 3.05) is 11.1 Å². The van der Waals surface area contributed by atoms with Crippen LogP contribution in [-0.4, -0.2) is 20.1 Å². The van der Waals surface area contributed by atoms with Crippen LogP contribution in [0, 0.1) is 17.1 Å². The van der Waals surface area contributed by atoms with Crippen molar-refractivity contribution in [1.82, 2.24) is 0 Å². The second-order valence-corrected chi connectivity index (χ2v) is 6.81. The number of nitriles is 1. The highest BCUT2D eigenvalue weighted by atomic mass is 32.2. The summed E-state index contributed by atoms with van der Waals surface area (Å²) >= 11 is 0. The predicted octanol–water partition coefficient (Wildman–Crippen LogP) is 2.50. The number of hydrogen-bond donors (Lipinski definition) is 1. The van der Waals surface area contributed by atoms with E-state index in [2.05, 4.69) is 5.32 Å². The largest absolute Gasteiger partial charge is 0.326 e. The van der Waals surface area contributed by atoms with Crippen molar-refractivity contribution in [2.45, 2.75) is 11.3 Å². The summed E-state index contributed by atoms with van der Waals surface area (Å²) in [5.41, 5.74) is 0.905. The Bertz CT molecular complexity index is 856. The van der Waals surface area contributed by atoms with Gasteiger partial charge in [0.2, 0.25) is 5.91 Å². The third-order valence-corrected chi connectivity index (χ3v) is 4.81. The van der Waals surface area contributed by atoms with Gasteiger partial charge in [-0.1, -0.05) is 12.1 Å². The Labute approximate surface area is 133 Å². The highest BCUT2D eigenvalue weighted by Gasteiger charge is 2.20. The molecule has 118 valence electrons. The molecule has 2 rings (SSSR count). The van der Waals surface area contributed by atoms with E-state index in [0.717, 1.165) is 6.07 Å². The molecular formula is C16H13FN2O3S. The summed E-state index contributed by atoms with van der Waals surface area (Å²) < 4.78 is 37.6. The lowest BCUT2D eigenvalue weighted by Gasteiger charge is -2.07. The molecule has 2 aromatic carbocycles. The summed E-state index contributed by atoms with van der Waals surface area (Å²) in [4.78, 5) is 11.4. The first-order valence-electron chi connectivity index (χ1n) is 6.70. The molecule has 0 aliphatic rings. The molecule has 1 amide bonds. The van der Waals surface area contributed by atoms with Crippen molar-refractivity contribution < 1.29 is 17.6 Å². The molecule has 0 bridgehead atoms. The molecule has 0 fully saturated rings. The van der Waals surface area contributed by atoms with E-state index in [9.17, 15) is 17.6 Å². The Morgan fingerprint density at radius 1 is 1.13 bits per heavy atom. The number of carbonyl (C=O) groups excluding carboxylic acids is 1. The second kappa shape index (κ2) is 7.03. The Balaban J connectivity index is 1.98. The van der Waals surface area contributed by atoms with E-state index in [1.807, 2.05) is 6.07 Å². The van der Waals surface area contributed by atoms with Gasteiger partial charge in [-0.15, -0.1) is 0 Å². The molecule has 0 aliphatic heterocycles. The van der Waals surface area contributed by atoms with Crippen LogP contribution < -0.4 is 5.32 Å². The fraction of sp³-hybridized carbons (Fsp3) is 0.125. The number of nitrogens with zero attached hydrogens (tertiary/aromatic N) is 1. The minimum Gasteiger partial charge on any atom is -0.326 e. The van der Waals surface area contributed by atoms with E-state index in [0.29, 0.717) is 11.3 Å². The number of sulfone groups is 1. The van der Waals surface area contributed by atoms with Gasteiger partial charge in [-0.2, -0.15) is 5.26 Å². The summed E-state index contributed by atoms with van der Waals surface area (Å²) in [6.45, 7) is 0. The summed E-state index contributed by atoms with van der Waals surface area (Å²) in [6, 6.07) is 13.1. The molecule has 0 saturated carbocycles. The first kappa shape index (κ1) is 16.6. The Morgan fingerprint density at radius 2 is 1.78 bits per heavy atom. The van der Waals surface area contributed by atoms with Crippen molar-refractivity contribution in [1.29, 1.82) is 5.26 Å². The molecule has 0 atom stereocenters. The lowest BCUT2D eigenvalue weighted by atomic mass is 10.2. The molecule has 0 heterocycles. The maximum atomic E-state index is 13.5. The number of halogens is 1. The third kappa shape index (κ3) is 4.37. The van der Waals surface area contributed by atoms with Gasteiger partial charge in [0.1, 0.15) is 10.7 Å². The quantitative estimate of drug-likeness (QED) is 0.911. The van der Waals surface area contributed by atoms with Crippen molar-refractivity contribution in [3.05, 3.63) is 59.9 Å². The molecule has 0 spiro atoms. The Hall–Kier alpha value is -2.72. The van der Waals surface area contributed by atoms with Gasteiger partial charge in [0.25, 0.3) is 0 Å². The summed E-state index contributed by atoms with van der Waals surface area (Å²) in [5.74, 6) is -1.83. The molecule has 0 unspecified atom stereocenters. The summed E-state index contributed by atoms with van der Waals surface area (Å²) in [7, 11) is -3.87. The average molecular weight is 332 g/mol. The SMILES string of the molecule is N#Cc1ccc(NC(=O)CCS(=O)(=O)c2ccccc2F)cc1. The second-order valence-electron chi connectivity index (χ2n) is 4.74. The highest BCUT2D eigenvalue weighted by molar-refractivity contribution is 7.91. The molecule has 0 aromatic heterocycles. The van der Waals surface area contributed by atoms with Gasteiger partial charge in [-0.05, 0) is 36.4 Å². The van der Waals surface area contributed by atoms with E-state index < -0.39 is 32.2 Å². The van der Waals surface area contributed by atoms with Crippen LogP contribution in [0.4, 0.5) is 10.1 Å². The van der Waals surface area contributed by atoms with Gasteiger partial charge in [-0.3, -0.25) is 4.79 Å². The van der Waals surface area contributed by atoms with E-state index in [-0.39, 0.29) is 6.42 Å². The van der Waals surface area contributed by atoms with Crippen LogP contribution in [0.25, 0.3) is 0 Å². The molecular weight excluding hydrogens is 319 g/mol. The number of anilines is 1. The molecule has 0 radical (unpaired) electrons. The van der Waals surface area contributed by atoms with Crippen molar-refractivity contribution >= 4 is 21.4 Å². The van der Waals surface area contributed by atoms with Crippen molar-refractivity contribution in [2.24, 2.45) is 0 Å². The minimum atomic E-state index is -3.87. The fourth-order valence-corrected chi connectivity index (χ4v) is 3.21. The Morgan fingerprint density at radius 3 is 2.39 bits per heavy atom. The lowest BCUT2D eigenvalue weighted by Crippen LogP contribution is -2.18. The first-order valence-corrected chi connectivity index (χ1v) is 8.35. The van der Waals surface area contributed by atoms with Gasteiger partial charge >= 0.3 is 0 Å². The van der Waals surface area contributed by atoms with Crippen molar-refractivity contribution in [3.8, 4) is 6.07 Å². The number of hydrogen-bond acceptors (Lipinski definition) is 4. The number of nitrogens with one attached hydrogen (secondary N) is 1. The zero-order chi connectivity index (χ0) is 16.9. The number of amides is 1. The van der Waals surface area contributed by atoms with Gasteiger partial charge < -0.3 is 5.32 Å². The van der Waals surface area contributed by atoms with Crippen LogP contribution in [0.15, 0.2) is 53.4 Å². The van der Waals surface area contributed by atoms with E-state index in [4.69, 9.17) is 5.26 Å². The van der Waals surface area contributed by atoms with Crippen LogP contribution >= 0.6 is 0 Å². The molecule has 1 N–H and O–H groups in total. The molecule has 23 heavy (non-hydrogen) atoms. The molecule has 5 nitrogen and oxygen atoms in total. The smallest absolute Gasteiger partial charge is 0.225 e. The van der Waals surface area contributed by atoms with Crippen molar-refractivity contribution in [3.63, 3.8) is 0 Å². The summed E-state index contributed by atoms with van der Waals surface area (Å²) in [6.07, 6.45) is -0.295. The minimum absolute atomic E-state index is 0.295. The molecule has 2 aromatic rings. The highest BCUT2D eigenvalue weighted by Crippen LogP contribution is 2.16. The molecule has 0 aliphatic carbocycles. The summed E-state index contributed by atoms with van der Waals surface area (Å²) in [5, 5.41) is 11.2. The van der Waals surface area contributed by atoms with Crippen LogP contribution in [0.3, 0.4) is 0 Å². The van der Waals surface area contributed by atoms with E-state index in [1.54, 1.807) is 12.1 Å². The van der Waals surface area contributed by atoms with Crippen LogP contribution in [-0.2, 0) is 14.6 Å². The number of carbonyl (C=O) groups is 1. The monoisotopic (exact) mass is 332 g/mol. The number of benzene rings is 2. The van der Waals surface area contributed by atoms with Gasteiger partial charge in [0.05, 0.1) is 17.4 Å². The van der Waals surface area contributed by atoms with Crippen LogP contribution in [0.2, 0.25) is 0 Å². The first-order chi connectivity index (χ1) is 10.9. The number of rotatable bonds is 5. The van der Waals surface area contributed by atoms with E-state index >= 15 is 0 Å². The Kier molecular flexibility index (Phi) is 5.09. The zero-order valence-corrected chi connectivity index (χ0v) is 12.8. The normalized spacial score (nSPS) is 10.8. The topological polar surface area (TPSA) is 87.0 Å². The maximum absolute atomic E-state index is 13.5. The van der Waals surface area contributed by atoms with Crippen LogP contribution in [0.1, 0.15) is 12.0 Å². The fourth-order valence-electron chi connectivity index (χ4n) is 1.89. The average Bonchev–Trinajstić information content (AvgIpc) is 2.54. The molecule has 7 heteroatoms. The maximum Gasteiger partial charge on any atom is 0.225 e. The van der Waals surface area contributed by atoms with Crippen LogP contribution in [0.5, 0.6) is 0 Å². The lowest BCUT2D eigenvalue weighted by molar-refractivity contribution is -0.115. The zero-order valence-electron chi connectivity index (χ0n) is 12.0. The van der Waals surface area contributed by atoms with Gasteiger partial charge in [0, 0.05) is 12.1 Å². The van der Waals surface area contributed by atoms with E-state index in [1.165, 1.54) is 30.3 Å². The van der Waals surface area contributed by atoms with Gasteiger partial charge in [-0.25, -0.2) is 12.8 Å². The predicted molar refractivity (Wildman–Crippen MR) is 82.9 cm³/mol. The molecule has 0 saturated heterocycles.